The van der Waals surface area contributed by atoms with Gasteiger partial charge in [-0.15, -0.1) is 0 Å². The Morgan fingerprint density at radius 2 is 1.80 bits per heavy atom. The topological polar surface area (TPSA) is 38.0 Å². The second-order valence-electron chi connectivity index (χ2n) is 4.71. The zero-order valence-corrected chi connectivity index (χ0v) is 11.7. The number of hydrogen-bond acceptors (Lipinski definition) is 2. The van der Waals surface area contributed by atoms with Crippen LogP contribution in [0.3, 0.4) is 0 Å². The summed E-state index contributed by atoms with van der Waals surface area (Å²) in [5.41, 5.74) is 5.01. The van der Waals surface area contributed by atoms with Gasteiger partial charge >= 0.3 is 0 Å². The molecule has 0 heterocycles. The van der Waals surface area contributed by atoms with Gasteiger partial charge in [0.15, 0.2) is 0 Å². The molecular formula is C15H15ClF2N2. The van der Waals surface area contributed by atoms with Crippen LogP contribution in [-0.4, -0.2) is 0 Å². The summed E-state index contributed by atoms with van der Waals surface area (Å²) < 4.78 is 26.4. The van der Waals surface area contributed by atoms with Crippen LogP contribution in [0.25, 0.3) is 0 Å². The Balaban J connectivity index is 2.26. The minimum absolute atomic E-state index is 0.269. The zero-order valence-electron chi connectivity index (χ0n) is 11.0. The summed E-state index contributed by atoms with van der Waals surface area (Å²) in [5.74, 6) is 4.34. The number of hydrogen-bond donors (Lipinski definition) is 2. The standard InChI is InChI=1S/C15H15ClF2N2/c1-9-2-3-11(7-14(9)16)15(20-19)6-10-4-12(17)8-13(18)5-10/h2-5,7-8,15,20H,6,19H2,1H3. The molecule has 0 radical (unpaired) electrons. The number of hydrazine groups is 1. The number of benzene rings is 2. The van der Waals surface area contributed by atoms with Crippen LogP contribution in [0.5, 0.6) is 0 Å². The highest BCUT2D eigenvalue weighted by molar-refractivity contribution is 6.31. The number of halogens is 3. The molecule has 0 spiro atoms. The molecule has 0 saturated carbocycles. The highest BCUT2D eigenvalue weighted by atomic mass is 35.5. The molecule has 0 aliphatic heterocycles. The predicted octanol–water partition coefficient (Wildman–Crippen LogP) is 3.67. The van der Waals surface area contributed by atoms with Crippen LogP contribution in [0.2, 0.25) is 5.02 Å². The maximum atomic E-state index is 13.2. The molecule has 0 aliphatic rings. The highest BCUT2D eigenvalue weighted by Crippen LogP contribution is 2.24. The van der Waals surface area contributed by atoms with Gasteiger partial charge < -0.3 is 0 Å². The van der Waals surface area contributed by atoms with Crippen molar-refractivity contribution in [2.24, 2.45) is 5.84 Å². The van der Waals surface area contributed by atoms with Gasteiger partial charge in [-0.25, -0.2) is 8.78 Å². The quantitative estimate of drug-likeness (QED) is 0.667. The van der Waals surface area contributed by atoms with Gasteiger partial charge in [-0.3, -0.25) is 11.3 Å². The van der Waals surface area contributed by atoms with Crippen LogP contribution >= 0.6 is 11.6 Å². The van der Waals surface area contributed by atoms with E-state index >= 15 is 0 Å². The molecule has 0 fully saturated rings. The summed E-state index contributed by atoms with van der Waals surface area (Å²) in [6.45, 7) is 1.90. The SMILES string of the molecule is Cc1ccc(C(Cc2cc(F)cc(F)c2)NN)cc1Cl. The van der Waals surface area contributed by atoms with Crippen LogP contribution in [-0.2, 0) is 6.42 Å². The summed E-state index contributed by atoms with van der Waals surface area (Å²) in [5, 5.41) is 0.633. The van der Waals surface area contributed by atoms with Crippen molar-refractivity contribution in [3.63, 3.8) is 0 Å². The van der Waals surface area contributed by atoms with Gasteiger partial charge in [0, 0.05) is 11.1 Å². The first-order chi connectivity index (χ1) is 9.49. The summed E-state index contributed by atoms with van der Waals surface area (Å²) in [6.07, 6.45) is 0.366. The Morgan fingerprint density at radius 3 is 2.35 bits per heavy atom. The Hall–Kier alpha value is -1.49. The Labute approximate surface area is 121 Å². The fourth-order valence-corrected chi connectivity index (χ4v) is 2.25. The first-order valence-electron chi connectivity index (χ1n) is 6.16. The molecule has 5 heteroatoms. The highest BCUT2D eigenvalue weighted by Gasteiger charge is 2.13. The van der Waals surface area contributed by atoms with Crippen molar-refractivity contribution in [2.75, 3.05) is 0 Å². The normalized spacial score (nSPS) is 12.4. The van der Waals surface area contributed by atoms with Crippen LogP contribution in [0.4, 0.5) is 8.78 Å². The molecule has 3 N–H and O–H groups in total. The second-order valence-corrected chi connectivity index (χ2v) is 5.12. The molecule has 2 rings (SSSR count). The summed E-state index contributed by atoms with van der Waals surface area (Å²) in [7, 11) is 0. The monoisotopic (exact) mass is 296 g/mol. The van der Waals surface area contributed by atoms with Gasteiger partial charge in [-0.1, -0.05) is 23.7 Å². The van der Waals surface area contributed by atoms with Gasteiger partial charge in [-0.05, 0) is 48.2 Å². The Kier molecular flexibility index (Phi) is 4.70. The molecule has 0 aliphatic carbocycles. The molecule has 2 nitrogen and oxygen atoms in total. The van der Waals surface area contributed by atoms with E-state index in [4.69, 9.17) is 17.4 Å². The van der Waals surface area contributed by atoms with Crippen LogP contribution in [0, 0.1) is 18.6 Å². The number of nitrogens with two attached hydrogens (primary N) is 1. The first-order valence-corrected chi connectivity index (χ1v) is 6.54. The van der Waals surface area contributed by atoms with Crippen molar-refractivity contribution in [3.8, 4) is 0 Å². The molecule has 20 heavy (non-hydrogen) atoms. The fourth-order valence-electron chi connectivity index (χ4n) is 2.06. The molecule has 0 saturated heterocycles. The molecule has 2 aromatic carbocycles. The Bertz CT molecular complexity index is 597. The number of nitrogens with one attached hydrogen (secondary N) is 1. The number of aryl methyl sites for hydroxylation is 1. The van der Waals surface area contributed by atoms with Gasteiger partial charge in [0.05, 0.1) is 6.04 Å². The van der Waals surface area contributed by atoms with Crippen molar-refractivity contribution >= 4 is 11.6 Å². The number of rotatable bonds is 4. The zero-order chi connectivity index (χ0) is 14.7. The average molecular weight is 297 g/mol. The third-order valence-electron chi connectivity index (χ3n) is 3.16. The molecule has 1 unspecified atom stereocenters. The van der Waals surface area contributed by atoms with Crippen molar-refractivity contribution in [3.05, 3.63) is 69.7 Å². The third-order valence-corrected chi connectivity index (χ3v) is 3.57. The summed E-state index contributed by atoms with van der Waals surface area (Å²) in [4.78, 5) is 0. The molecular weight excluding hydrogens is 282 g/mol. The molecule has 0 amide bonds. The van der Waals surface area contributed by atoms with Crippen molar-refractivity contribution in [1.29, 1.82) is 0 Å². The van der Waals surface area contributed by atoms with E-state index < -0.39 is 11.6 Å². The van der Waals surface area contributed by atoms with Gasteiger partial charge in [0.1, 0.15) is 11.6 Å². The van der Waals surface area contributed by atoms with E-state index in [9.17, 15) is 8.78 Å². The second kappa shape index (κ2) is 6.31. The van der Waals surface area contributed by atoms with E-state index in [0.717, 1.165) is 17.2 Å². The molecule has 1 atom stereocenters. The maximum absolute atomic E-state index is 13.2. The minimum Gasteiger partial charge on any atom is -0.271 e. The largest absolute Gasteiger partial charge is 0.271 e. The van der Waals surface area contributed by atoms with Crippen molar-refractivity contribution in [2.45, 2.75) is 19.4 Å². The van der Waals surface area contributed by atoms with Gasteiger partial charge in [0.25, 0.3) is 0 Å². The Morgan fingerprint density at radius 1 is 1.15 bits per heavy atom. The maximum Gasteiger partial charge on any atom is 0.126 e. The lowest BCUT2D eigenvalue weighted by Crippen LogP contribution is -2.29. The smallest absolute Gasteiger partial charge is 0.126 e. The van der Waals surface area contributed by atoms with E-state index in [1.54, 1.807) is 6.07 Å². The fraction of sp³-hybridized carbons (Fsp3) is 0.200. The van der Waals surface area contributed by atoms with Crippen LogP contribution in [0.15, 0.2) is 36.4 Å². The molecule has 0 aromatic heterocycles. The van der Waals surface area contributed by atoms with E-state index in [-0.39, 0.29) is 6.04 Å². The lowest BCUT2D eigenvalue weighted by molar-refractivity contribution is 0.540. The molecule has 106 valence electrons. The van der Waals surface area contributed by atoms with Crippen LogP contribution < -0.4 is 11.3 Å². The van der Waals surface area contributed by atoms with E-state index in [2.05, 4.69) is 5.43 Å². The lowest BCUT2D eigenvalue weighted by atomic mass is 9.98. The van der Waals surface area contributed by atoms with Crippen molar-refractivity contribution in [1.82, 2.24) is 5.43 Å². The van der Waals surface area contributed by atoms with Crippen LogP contribution in [0.1, 0.15) is 22.7 Å². The minimum atomic E-state index is -0.599. The molecule has 2 aromatic rings. The first kappa shape index (κ1) is 14.9. The average Bonchev–Trinajstić information content (AvgIpc) is 2.38. The van der Waals surface area contributed by atoms with Gasteiger partial charge in [-0.2, -0.15) is 0 Å². The summed E-state index contributed by atoms with van der Waals surface area (Å²) in [6, 6.07) is 8.74. The lowest BCUT2D eigenvalue weighted by Gasteiger charge is -2.17. The third kappa shape index (κ3) is 3.54. The van der Waals surface area contributed by atoms with Gasteiger partial charge in [0.2, 0.25) is 0 Å². The van der Waals surface area contributed by atoms with Crippen molar-refractivity contribution < 1.29 is 8.78 Å². The van der Waals surface area contributed by atoms with E-state index in [1.165, 1.54) is 12.1 Å². The summed E-state index contributed by atoms with van der Waals surface area (Å²) >= 11 is 6.08. The predicted molar refractivity (Wildman–Crippen MR) is 76.3 cm³/mol. The van der Waals surface area contributed by atoms with E-state index in [0.29, 0.717) is 17.0 Å². The molecule has 0 bridgehead atoms. The van der Waals surface area contributed by atoms with E-state index in [1.807, 2.05) is 19.1 Å².